The Morgan fingerprint density at radius 1 is 1.31 bits per heavy atom. The van der Waals surface area contributed by atoms with Crippen molar-refractivity contribution in [1.82, 2.24) is 4.98 Å². The standard InChI is InChI=1S/C8H12BNO3/c1-8(2,11)6-3-4-7(9(12)13)10-5-6/h3-5,11-13H,1-2H3. The lowest BCUT2D eigenvalue weighted by Gasteiger charge is -2.17. The normalized spacial score (nSPS) is 11.5. The molecule has 0 unspecified atom stereocenters. The first-order valence-corrected chi connectivity index (χ1v) is 3.96. The largest absolute Gasteiger partial charge is 0.508 e. The molecule has 0 amide bonds. The van der Waals surface area contributed by atoms with E-state index in [1.54, 1.807) is 19.9 Å². The summed E-state index contributed by atoms with van der Waals surface area (Å²) in [6.45, 7) is 3.28. The SMILES string of the molecule is CC(C)(O)c1ccc(B(O)O)nc1. The van der Waals surface area contributed by atoms with Crippen molar-refractivity contribution in [1.29, 1.82) is 0 Å². The van der Waals surface area contributed by atoms with Gasteiger partial charge >= 0.3 is 7.12 Å². The molecule has 0 saturated heterocycles. The number of rotatable bonds is 2. The van der Waals surface area contributed by atoms with Crippen molar-refractivity contribution in [3.63, 3.8) is 0 Å². The molecule has 3 N–H and O–H groups in total. The summed E-state index contributed by atoms with van der Waals surface area (Å²) in [5.41, 5.74) is -0.142. The third-order valence-corrected chi connectivity index (χ3v) is 1.76. The molecule has 1 aromatic heterocycles. The van der Waals surface area contributed by atoms with Crippen molar-refractivity contribution in [3.05, 3.63) is 23.9 Å². The molecule has 13 heavy (non-hydrogen) atoms. The Hall–Kier alpha value is -0.905. The van der Waals surface area contributed by atoms with Crippen LogP contribution < -0.4 is 5.59 Å². The Morgan fingerprint density at radius 3 is 2.23 bits per heavy atom. The maximum Gasteiger partial charge on any atom is 0.508 e. The highest BCUT2D eigenvalue weighted by atomic mass is 16.4. The third-order valence-electron chi connectivity index (χ3n) is 1.76. The highest BCUT2D eigenvalue weighted by molar-refractivity contribution is 6.57. The number of hydrogen-bond acceptors (Lipinski definition) is 4. The second-order valence-electron chi connectivity index (χ2n) is 3.40. The Balaban J connectivity index is 2.94. The Labute approximate surface area is 77.0 Å². The quantitative estimate of drug-likeness (QED) is 0.511. The first-order valence-electron chi connectivity index (χ1n) is 3.96. The Kier molecular flexibility index (Phi) is 2.70. The smallest absolute Gasteiger partial charge is 0.422 e. The van der Waals surface area contributed by atoms with Crippen molar-refractivity contribution >= 4 is 12.7 Å². The van der Waals surface area contributed by atoms with Gasteiger partial charge in [-0.2, -0.15) is 0 Å². The molecule has 70 valence electrons. The van der Waals surface area contributed by atoms with E-state index in [-0.39, 0.29) is 5.59 Å². The molecule has 1 aromatic rings. The van der Waals surface area contributed by atoms with E-state index in [9.17, 15) is 5.11 Å². The first kappa shape index (κ1) is 10.2. The van der Waals surface area contributed by atoms with Gasteiger partial charge in [0, 0.05) is 11.8 Å². The molecular weight excluding hydrogens is 169 g/mol. The van der Waals surface area contributed by atoms with Crippen molar-refractivity contribution in [2.45, 2.75) is 19.4 Å². The van der Waals surface area contributed by atoms with Crippen molar-refractivity contribution in [2.24, 2.45) is 0 Å². The summed E-state index contributed by atoms with van der Waals surface area (Å²) in [5, 5.41) is 27.0. The predicted molar refractivity (Wildman–Crippen MR) is 49.3 cm³/mol. The van der Waals surface area contributed by atoms with Crippen LogP contribution in [0.4, 0.5) is 0 Å². The highest BCUT2D eigenvalue weighted by Crippen LogP contribution is 2.16. The van der Waals surface area contributed by atoms with Crippen LogP contribution in [0.15, 0.2) is 18.3 Å². The monoisotopic (exact) mass is 181 g/mol. The van der Waals surface area contributed by atoms with E-state index in [0.29, 0.717) is 5.56 Å². The number of hydrogen-bond donors (Lipinski definition) is 3. The molecule has 1 rings (SSSR count). The number of nitrogens with zero attached hydrogens (tertiary/aromatic N) is 1. The van der Waals surface area contributed by atoms with Gasteiger partial charge in [-0.1, -0.05) is 6.07 Å². The molecule has 0 fully saturated rings. The summed E-state index contributed by atoms with van der Waals surface area (Å²) in [4.78, 5) is 3.78. The zero-order chi connectivity index (χ0) is 10.1. The van der Waals surface area contributed by atoms with Crippen LogP contribution in [0.2, 0.25) is 0 Å². The zero-order valence-corrected chi connectivity index (χ0v) is 7.60. The topological polar surface area (TPSA) is 73.6 Å². The zero-order valence-electron chi connectivity index (χ0n) is 7.60. The van der Waals surface area contributed by atoms with E-state index in [1.807, 2.05) is 0 Å². The van der Waals surface area contributed by atoms with E-state index in [2.05, 4.69) is 4.98 Å². The second-order valence-corrected chi connectivity index (χ2v) is 3.40. The van der Waals surface area contributed by atoms with Gasteiger partial charge in [0.05, 0.1) is 11.2 Å². The van der Waals surface area contributed by atoms with Gasteiger partial charge in [0.25, 0.3) is 0 Å². The molecule has 0 aliphatic carbocycles. The van der Waals surface area contributed by atoms with E-state index in [0.717, 1.165) is 0 Å². The Morgan fingerprint density at radius 2 is 1.92 bits per heavy atom. The maximum atomic E-state index is 9.55. The van der Waals surface area contributed by atoms with Crippen LogP contribution in [0.1, 0.15) is 19.4 Å². The number of aliphatic hydroxyl groups is 1. The van der Waals surface area contributed by atoms with Gasteiger partial charge in [-0.3, -0.25) is 4.98 Å². The predicted octanol–water partition coefficient (Wildman–Crippen LogP) is -1.01. The summed E-state index contributed by atoms with van der Waals surface area (Å²) in [6, 6.07) is 3.08. The third kappa shape index (κ3) is 2.52. The van der Waals surface area contributed by atoms with Gasteiger partial charge in [-0.25, -0.2) is 0 Å². The van der Waals surface area contributed by atoms with Crippen LogP contribution >= 0.6 is 0 Å². The highest BCUT2D eigenvalue weighted by Gasteiger charge is 2.18. The van der Waals surface area contributed by atoms with Crippen LogP contribution in [0.25, 0.3) is 0 Å². The van der Waals surface area contributed by atoms with Crippen molar-refractivity contribution in [3.8, 4) is 0 Å². The summed E-state index contributed by atoms with van der Waals surface area (Å²) >= 11 is 0. The fraction of sp³-hybridized carbons (Fsp3) is 0.375. The average molecular weight is 181 g/mol. The minimum absolute atomic E-state index is 0.174. The molecule has 0 aromatic carbocycles. The van der Waals surface area contributed by atoms with Crippen LogP contribution in [-0.2, 0) is 5.60 Å². The van der Waals surface area contributed by atoms with Gasteiger partial charge in [0.15, 0.2) is 0 Å². The Bertz CT molecular complexity index is 278. The summed E-state index contributed by atoms with van der Waals surface area (Å²) < 4.78 is 0. The van der Waals surface area contributed by atoms with Gasteiger partial charge < -0.3 is 15.2 Å². The lowest BCUT2D eigenvalue weighted by Crippen LogP contribution is -2.33. The minimum atomic E-state index is -1.56. The first-order chi connectivity index (χ1) is 5.91. The van der Waals surface area contributed by atoms with Gasteiger partial charge in [-0.15, -0.1) is 0 Å². The molecule has 0 spiro atoms. The summed E-state index contributed by atoms with van der Waals surface area (Å²) in [7, 11) is -1.56. The molecular formula is C8H12BNO3. The van der Waals surface area contributed by atoms with Gasteiger partial charge in [0.2, 0.25) is 0 Å². The van der Waals surface area contributed by atoms with Crippen LogP contribution in [0.3, 0.4) is 0 Å². The van der Waals surface area contributed by atoms with Crippen molar-refractivity contribution in [2.75, 3.05) is 0 Å². The van der Waals surface area contributed by atoms with E-state index in [1.165, 1.54) is 12.3 Å². The van der Waals surface area contributed by atoms with Crippen LogP contribution in [0.5, 0.6) is 0 Å². The molecule has 0 atom stereocenters. The van der Waals surface area contributed by atoms with Gasteiger partial charge in [0.1, 0.15) is 0 Å². The van der Waals surface area contributed by atoms with Gasteiger partial charge in [-0.05, 0) is 19.9 Å². The van der Waals surface area contributed by atoms with Crippen LogP contribution in [-0.4, -0.2) is 27.3 Å². The lowest BCUT2D eigenvalue weighted by molar-refractivity contribution is 0.0782. The maximum absolute atomic E-state index is 9.55. The number of pyridine rings is 1. The molecule has 0 aliphatic heterocycles. The second kappa shape index (κ2) is 3.45. The van der Waals surface area contributed by atoms with E-state index >= 15 is 0 Å². The summed E-state index contributed by atoms with van der Waals surface area (Å²) in [6.07, 6.45) is 1.43. The molecule has 0 aliphatic rings. The van der Waals surface area contributed by atoms with E-state index < -0.39 is 12.7 Å². The lowest BCUT2D eigenvalue weighted by atomic mass is 9.85. The average Bonchev–Trinajstić information content (AvgIpc) is 2.03. The minimum Gasteiger partial charge on any atom is -0.422 e. The molecule has 1 heterocycles. The number of aromatic nitrogens is 1. The van der Waals surface area contributed by atoms with E-state index in [4.69, 9.17) is 10.0 Å². The fourth-order valence-corrected chi connectivity index (χ4v) is 0.920. The van der Waals surface area contributed by atoms with Crippen LogP contribution in [0, 0.1) is 0 Å². The molecule has 5 heteroatoms. The molecule has 0 saturated carbocycles. The molecule has 0 radical (unpaired) electrons. The fourth-order valence-electron chi connectivity index (χ4n) is 0.920. The summed E-state index contributed by atoms with van der Waals surface area (Å²) in [5.74, 6) is 0. The van der Waals surface area contributed by atoms with Crippen molar-refractivity contribution < 1.29 is 15.2 Å². The molecule has 0 bridgehead atoms. The molecule has 4 nitrogen and oxygen atoms in total.